The van der Waals surface area contributed by atoms with Gasteiger partial charge in [-0.2, -0.15) is 0 Å². The van der Waals surface area contributed by atoms with E-state index in [9.17, 15) is 0 Å². The minimum atomic E-state index is -0.369. The second kappa shape index (κ2) is 5.68. The van der Waals surface area contributed by atoms with Crippen molar-refractivity contribution in [1.29, 1.82) is 0 Å². The number of ether oxygens (including phenoxy) is 1. The van der Waals surface area contributed by atoms with Gasteiger partial charge in [-0.25, -0.2) is 0 Å². The van der Waals surface area contributed by atoms with Crippen molar-refractivity contribution in [3.63, 3.8) is 0 Å². The summed E-state index contributed by atoms with van der Waals surface area (Å²) < 4.78 is 5.18. The van der Waals surface area contributed by atoms with Gasteiger partial charge >= 0.3 is 0 Å². The number of benzene rings is 2. The standard InChI is InChI=1S/C18H23NO/c1-13-5-10-17(14(2)11-13)18(3,19)12-15-6-8-16(20-4)9-7-15/h5-11H,12,19H2,1-4H3. The van der Waals surface area contributed by atoms with Gasteiger partial charge in [0.05, 0.1) is 7.11 Å². The maximum atomic E-state index is 6.56. The lowest BCUT2D eigenvalue weighted by Gasteiger charge is -2.27. The topological polar surface area (TPSA) is 35.2 Å². The minimum Gasteiger partial charge on any atom is -0.497 e. The van der Waals surface area contributed by atoms with E-state index in [1.807, 2.05) is 12.1 Å². The Morgan fingerprint density at radius 1 is 1.05 bits per heavy atom. The van der Waals surface area contributed by atoms with Crippen LogP contribution in [0.15, 0.2) is 42.5 Å². The van der Waals surface area contributed by atoms with Crippen LogP contribution in [-0.2, 0) is 12.0 Å². The van der Waals surface area contributed by atoms with Crippen molar-refractivity contribution >= 4 is 0 Å². The molecule has 1 unspecified atom stereocenters. The molecule has 0 aliphatic carbocycles. The maximum Gasteiger partial charge on any atom is 0.118 e. The molecule has 2 rings (SSSR count). The summed E-state index contributed by atoms with van der Waals surface area (Å²) in [6, 6.07) is 14.6. The van der Waals surface area contributed by atoms with E-state index in [1.165, 1.54) is 22.3 Å². The Labute approximate surface area is 121 Å². The summed E-state index contributed by atoms with van der Waals surface area (Å²) in [5, 5.41) is 0. The van der Waals surface area contributed by atoms with E-state index in [1.54, 1.807) is 7.11 Å². The highest BCUT2D eigenvalue weighted by molar-refractivity contribution is 5.37. The second-order valence-electron chi connectivity index (χ2n) is 5.76. The summed E-state index contributed by atoms with van der Waals surface area (Å²) in [6.45, 7) is 6.32. The predicted molar refractivity (Wildman–Crippen MR) is 84.2 cm³/mol. The number of rotatable bonds is 4. The summed E-state index contributed by atoms with van der Waals surface area (Å²) in [7, 11) is 1.68. The maximum absolute atomic E-state index is 6.56. The molecule has 0 fully saturated rings. The third-order valence-corrected chi connectivity index (χ3v) is 3.73. The molecule has 0 heterocycles. The highest BCUT2D eigenvalue weighted by Crippen LogP contribution is 2.27. The molecule has 20 heavy (non-hydrogen) atoms. The quantitative estimate of drug-likeness (QED) is 0.918. The molecule has 0 aliphatic rings. The Morgan fingerprint density at radius 3 is 2.25 bits per heavy atom. The molecule has 0 aliphatic heterocycles. The molecule has 2 aromatic carbocycles. The summed E-state index contributed by atoms with van der Waals surface area (Å²) in [6.07, 6.45) is 0.806. The van der Waals surface area contributed by atoms with Gasteiger partial charge in [0, 0.05) is 5.54 Å². The zero-order valence-corrected chi connectivity index (χ0v) is 12.7. The van der Waals surface area contributed by atoms with Crippen LogP contribution in [-0.4, -0.2) is 7.11 Å². The van der Waals surface area contributed by atoms with E-state index in [4.69, 9.17) is 10.5 Å². The second-order valence-corrected chi connectivity index (χ2v) is 5.76. The molecule has 0 spiro atoms. The molecule has 2 nitrogen and oxygen atoms in total. The van der Waals surface area contributed by atoms with E-state index < -0.39 is 0 Å². The Balaban J connectivity index is 2.25. The first-order valence-electron chi connectivity index (χ1n) is 6.92. The summed E-state index contributed by atoms with van der Waals surface area (Å²) in [4.78, 5) is 0. The molecule has 0 saturated carbocycles. The highest BCUT2D eigenvalue weighted by Gasteiger charge is 2.23. The molecule has 0 saturated heterocycles. The molecule has 2 heteroatoms. The molecule has 0 aromatic heterocycles. The van der Waals surface area contributed by atoms with Crippen molar-refractivity contribution in [3.8, 4) is 5.75 Å². The molecule has 0 amide bonds. The normalized spacial score (nSPS) is 13.8. The van der Waals surface area contributed by atoms with Crippen molar-refractivity contribution in [2.75, 3.05) is 7.11 Å². The van der Waals surface area contributed by atoms with Crippen molar-refractivity contribution < 1.29 is 4.74 Å². The highest BCUT2D eigenvalue weighted by atomic mass is 16.5. The first-order valence-corrected chi connectivity index (χ1v) is 6.92. The van der Waals surface area contributed by atoms with Crippen LogP contribution >= 0.6 is 0 Å². The summed E-state index contributed by atoms with van der Waals surface area (Å²) >= 11 is 0. The van der Waals surface area contributed by atoms with Gasteiger partial charge in [0.1, 0.15) is 5.75 Å². The van der Waals surface area contributed by atoms with Crippen LogP contribution in [0.5, 0.6) is 5.75 Å². The van der Waals surface area contributed by atoms with Gasteiger partial charge in [0.15, 0.2) is 0 Å². The number of hydrogen-bond acceptors (Lipinski definition) is 2. The predicted octanol–water partition coefficient (Wildman–Crippen LogP) is 3.73. The lowest BCUT2D eigenvalue weighted by atomic mass is 9.83. The van der Waals surface area contributed by atoms with E-state index in [-0.39, 0.29) is 5.54 Å². The van der Waals surface area contributed by atoms with Gasteiger partial charge in [-0.05, 0) is 56.0 Å². The molecular formula is C18H23NO. The SMILES string of the molecule is COc1ccc(CC(C)(N)c2ccc(C)cc2C)cc1. The number of hydrogen-bond donors (Lipinski definition) is 1. The van der Waals surface area contributed by atoms with Crippen LogP contribution in [0.25, 0.3) is 0 Å². The average Bonchev–Trinajstić information content (AvgIpc) is 2.38. The Kier molecular flexibility index (Phi) is 4.15. The van der Waals surface area contributed by atoms with E-state index >= 15 is 0 Å². The van der Waals surface area contributed by atoms with Crippen LogP contribution in [0.1, 0.15) is 29.2 Å². The van der Waals surface area contributed by atoms with E-state index in [0.29, 0.717) is 0 Å². The van der Waals surface area contributed by atoms with Crippen molar-refractivity contribution in [2.45, 2.75) is 32.7 Å². The van der Waals surface area contributed by atoms with Crippen LogP contribution in [0.4, 0.5) is 0 Å². The van der Waals surface area contributed by atoms with Gasteiger partial charge in [-0.3, -0.25) is 0 Å². The lowest BCUT2D eigenvalue weighted by Crippen LogP contribution is -2.36. The van der Waals surface area contributed by atoms with E-state index in [0.717, 1.165) is 12.2 Å². The van der Waals surface area contributed by atoms with Crippen molar-refractivity contribution in [3.05, 3.63) is 64.7 Å². The minimum absolute atomic E-state index is 0.369. The fourth-order valence-electron chi connectivity index (χ4n) is 2.72. The number of aryl methyl sites for hydroxylation is 2. The molecule has 106 valence electrons. The van der Waals surface area contributed by atoms with Gasteiger partial charge in [-0.1, -0.05) is 35.9 Å². The fourth-order valence-corrected chi connectivity index (χ4v) is 2.72. The fraction of sp³-hybridized carbons (Fsp3) is 0.333. The van der Waals surface area contributed by atoms with Gasteiger partial charge in [-0.15, -0.1) is 0 Å². The van der Waals surface area contributed by atoms with Crippen LogP contribution < -0.4 is 10.5 Å². The first kappa shape index (κ1) is 14.6. The zero-order valence-electron chi connectivity index (χ0n) is 12.7. The first-order chi connectivity index (χ1) is 9.42. The van der Waals surface area contributed by atoms with Gasteiger partial charge < -0.3 is 10.5 Å². The Bertz CT molecular complexity index is 585. The monoisotopic (exact) mass is 269 g/mol. The number of methoxy groups -OCH3 is 1. The van der Waals surface area contributed by atoms with Crippen LogP contribution in [0.2, 0.25) is 0 Å². The Morgan fingerprint density at radius 2 is 1.70 bits per heavy atom. The third kappa shape index (κ3) is 3.20. The smallest absolute Gasteiger partial charge is 0.118 e. The average molecular weight is 269 g/mol. The molecule has 2 aromatic rings. The van der Waals surface area contributed by atoms with E-state index in [2.05, 4.69) is 51.1 Å². The third-order valence-electron chi connectivity index (χ3n) is 3.73. The summed E-state index contributed by atoms with van der Waals surface area (Å²) in [5.74, 6) is 0.874. The van der Waals surface area contributed by atoms with Crippen LogP contribution in [0.3, 0.4) is 0 Å². The molecule has 1 atom stereocenters. The largest absolute Gasteiger partial charge is 0.497 e. The Hall–Kier alpha value is -1.80. The zero-order chi connectivity index (χ0) is 14.8. The van der Waals surface area contributed by atoms with Crippen molar-refractivity contribution in [2.24, 2.45) is 5.73 Å². The molecule has 2 N–H and O–H groups in total. The number of nitrogens with two attached hydrogens (primary N) is 1. The summed E-state index contributed by atoms with van der Waals surface area (Å²) in [5.41, 5.74) is 11.1. The molecule has 0 radical (unpaired) electrons. The molecular weight excluding hydrogens is 246 g/mol. The van der Waals surface area contributed by atoms with Gasteiger partial charge in [0.2, 0.25) is 0 Å². The lowest BCUT2D eigenvalue weighted by molar-refractivity contribution is 0.414. The van der Waals surface area contributed by atoms with Gasteiger partial charge in [0.25, 0.3) is 0 Å². The van der Waals surface area contributed by atoms with Crippen molar-refractivity contribution in [1.82, 2.24) is 0 Å². The van der Waals surface area contributed by atoms with Crippen LogP contribution in [0, 0.1) is 13.8 Å². The molecule has 0 bridgehead atoms.